The maximum atomic E-state index is 8.78. The maximum absolute atomic E-state index is 8.78. The predicted molar refractivity (Wildman–Crippen MR) is 82.6 cm³/mol. The number of nitrogens with two attached hydrogens (primary N) is 1. The van der Waals surface area contributed by atoms with Crippen molar-refractivity contribution in [1.29, 1.82) is 0 Å². The van der Waals surface area contributed by atoms with Crippen LogP contribution in [0.15, 0.2) is 46.3 Å². The van der Waals surface area contributed by atoms with Crippen LogP contribution in [0.5, 0.6) is 0 Å². The molecule has 0 saturated carbocycles. The van der Waals surface area contributed by atoms with E-state index in [0.29, 0.717) is 22.2 Å². The van der Waals surface area contributed by atoms with E-state index >= 15 is 0 Å². The molecule has 0 unspecified atom stereocenters. The van der Waals surface area contributed by atoms with Gasteiger partial charge in [-0.15, -0.1) is 0 Å². The van der Waals surface area contributed by atoms with Crippen LogP contribution in [-0.2, 0) is 0 Å². The van der Waals surface area contributed by atoms with Gasteiger partial charge in [0.05, 0.1) is 10.7 Å². The van der Waals surface area contributed by atoms with Crippen molar-refractivity contribution < 1.29 is 9.73 Å². The van der Waals surface area contributed by atoms with Gasteiger partial charge in [-0.1, -0.05) is 21.9 Å². The van der Waals surface area contributed by atoms with Crippen LogP contribution in [0.1, 0.15) is 5.69 Å². The molecule has 10 heteroatoms. The lowest BCUT2D eigenvalue weighted by molar-refractivity contribution is 0.318. The van der Waals surface area contributed by atoms with Crippen LogP contribution >= 0.6 is 11.6 Å². The molecule has 0 bridgehead atoms. The van der Waals surface area contributed by atoms with Gasteiger partial charge in [-0.05, 0) is 24.3 Å². The van der Waals surface area contributed by atoms with E-state index in [2.05, 4.69) is 30.6 Å². The zero-order chi connectivity index (χ0) is 16.2. The van der Waals surface area contributed by atoms with E-state index in [1.165, 1.54) is 12.4 Å². The third-order valence-electron chi connectivity index (χ3n) is 2.78. The molecule has 23 heavy (non-hydrogen) atoms. The first-order valence-corrected chi connectivity index (χ1v) is 6.71. The number of nitrogens with one attached hydrogen (secondary N) is 1. The van der Waals surface area contributed by atoms with Gasteiger partial charge in [0.2, 0.25) is 5.82 Å². The summed E-state index contributed by atoms with van der Waals surface area (Å²) in [5.74, 6) is 0.144. The molecule has 116 valence electrons. The SMILES string of the molecule is NC(=NO)c1ncccc1Nc1nc(-c2ccc(Cl)cn2)no1. The molecular formula is C13H10ClN7O2. The Balaban J connectivity index is 1.87. The van der Waals surface area contributed by atoms with E-state index in [1.807, 2.05) is 0 Å². The predicted octanol–water partition coefficient (Wildman–Crippen LogP) is 2.02. The second kappa shape index (κ2) is 6.28. The lowest BCUT2D eigenvalue weighted by Crippen LogP contribution is -2.16. The second-order valence-electron chi connectivity index (χ2n) is 4.29. The first-order valence-electron chi connectivity index (χ1n) is 6.33. The quantitative estimate of drug-likeness (QED) is 0.286. The van der Waals surface area contributed by atoms with Crippen molar-refractivity contribution in [3.8, 4) is 11.5 Å². The summed E-state index contributed by atoms with van der Waals surface area (Å²) in [6, 6.07) is 6.80. The van der Waals surface area contributed by atoms with Crippen molar-refractivity contribution in [3.05, 3.63) is 47.4 Å². The van der Waals surface area contributed by atoms with Gasteiger partial charge in [0.15, 0.2) is 5.84 Å². The topological polar surface area (TPSA) is 135 Å². The largest absolute Gasteiger partial charge is 0.409 e. The summed E-state index contributed by atoms with van der Waals surface area (Å²) in [7, 11) is 0. The Morgan fingerprint density at radius 2 is 2.17 bits per heavy atom. The monoisotopic (exact) mass is 331 g/mol. The molecule has 4 N–H and O–H groups in total. The average molecular weight is 332 g/mol. The van der Waals surface area contributed by atoms with Gasteiger partial charge in [0, 0.05) is 12.4 Å². The highest BCUT2D eigenvalue weighted by molar-refractivity contribution is 6.30. The highest BCUT2D eigenvalue weighted by Crippen LogP contribution is 2.21. The minimum Gasteiger partial charge on any atom is -0.409 e. The molecule has 0 spiro atoms. The first-order chi connectivity index (χ1) is 11.2. The number of aromatic nitrogens is 4. The lowest BCUT2D eigenvalue weighted by Gasteiger charge is -2.05. The van der Waals surface area contributed by atoms with Crippen LogP contribution in [0.4, 0.5) is 11.7 Å². The first kappa shape index (κ1) is 14.7. The highest BCUT2D eigenvalue weighted by atomic mass is 35.5. The van der Waals surface area contributed by atoms with Crippen LogP contribution in [-0.4, -0.2) is 31.2 Å². The molecule has 0 radical (unpaired) electrons. The third-order valence-corrected chi connectivity index (χ3v) is 3.01. The van der Waals surface area contributed by atoms with Gasteiger partial charge in [0.25, 0.3) is 0 Å². The number of anilines is 2. The van der Waals surface area contributed by atoms with Crippen LogP contribution in [0.3, 0.4) is 0 Å². The van der Waals surface area contributed by atoms with Gasteiger partial charge in [-0.25, -0.2) is 0 Å². The van der Waals surface area contributed by atoms with Gasteiger partial charge < -0.3 is 20.8 Å². The standard InChI is InChI=1S/C13H10ClN7O2/c14-7-3-4-9(17-6-7)12-19-13(23-21-12)18-8-2-1-5-16-10(8)11(15)20-22/h1-6,22H,(H2,15,20)(H,18,19,21). The summed E-state index contributed by atoms with van der Waals surface area (Å²) in [4.78, 5) is 12.3. The number of hydrogen-bond donors (Lipinski definition) is 3. The number of nitrogens with zero attached hydrogens (tertiary/aromatic N) is 5. The highest BCUT2D eigenvalue weighted by Gasteiger charge is 2.13. The van der Waals surface area contributed by atoms with E-state index in [-0.39, 0.29) is 17.5 Å². The molecule has 3 rings (SSSR count). The average Bonchev–Trinajstić information content (AvgIpc) is 3.04. The van der Waals surface area contributed by atoms with E-state index in [9.17, 15) is 0 Å². The van der Waals surface area contributed by atoms with Gasteiger partial charge in [-0.2, -0.15) is 4.98 Å². The molecule has 3 aromatic heterocycles. The Bertz CT molecular complexity index is 848. The number of oxime groups is 1. The Morgan fingerprint density at radius 3 is 2.91 bits per heavy atom. The zero-order valence-electron chi connectivity index (χ0n) is 11.5. The van der Waals surface area contributed by atoms with Crippen LogP contribution in [0, 0.1) is 0 Å². The summed E-state index contributed by atoms with van der Waals surface area (Å²) < 4.78 is 5.11. The van der Waals surface area contributed by atoms with E-state index in [4.69, 9.17) is 27.1 Å². The molecule has 0 saturated heterocycles. The van der Waals surface area contributed by atoms with Gasteiger partial charge >= 0.3 is 6.01 Å². The number of halogens is 1. The smallest absolute Gasteiger partial charge is 0.326 e. The number of amidine groups is 1. The molecule has 0 amide bonds. The molecule has 0 fully saturated rings. The van der Waals surface area contributed by atoms with Crippen molar-refractivity contribution in [2.45, 2.75) is 0 Å². The molecule has 0 aliphatic carbocycles. The van der Waals surface area contributed by atoms with E-state index < -0.39 is 0 Å². The summed E-state index contributed by atoms with van der Waals surface area (Å²) in [6.07, 6.45) is 2.99. The van der Waals surface area contributed by atoms with E-state index in [0.717, 1.165) is 0 Å². The molecule has 9 nitrogen and oxygen atoms in total. The summed E-state index contributed by atoms with van der Waals surface area (Å²) in [5.41, 5.74) is 6.77. The summed E-state index contributed by atoms with van der Waals surface area (Å²) >= 11 is 5.78. The minimum absolute atomic E-state index is 0.108. The molecule has 0 atom stereocenters. The van der Waals surface area contributed by atoms with Crippen molar-refractivity contribution in [2.24, 2.45) is 10.9 Å². The van der Waals surface area contributed by atoms with Crippen LogP contribution in [0.25, 0.3) is 11.5 Å². The van der Waals surface area contributed by atoms with Gasteiger partial charge in [-0.3, -0.25) is 9.97 Å². The van der Waals surface area contributed by atoms with Crippen molar-refractivity contribution in [1.82, 2.24) is 20.1 Å². The Kier molecular flexibility index (Phi) is 4.02. The van der Waals surface area contributed by atoms with Crippen molar-refractivity contribution >= 4 is 29.1 Å². The zero-order valence-corrected chi connectivity index (χ0v) is 12.3. The maximum Gasteiger partial charge on any atom is 0.326 e. The van der Waals surface area contributed by atoms with Crippen LogP contribution in [0.2, 0.25) is 5.02 Å². The summed E-state index contributed by atoms with van der Waals surface area (Å²) in [6.45, 7) is 0. The summed E-state index contributed by atoms with van der Waals surface area (Å²) in [5, 5.41) is 18.9. The fraction of sp³-hybridized carbons (Fsp3) is 0. The molecule has 0 aromatic carbocycles. The molecular weight excluding hydrogens is 322 g/mol. The van der Waals surface area contributed by atoms with E-state index in [1.54, 1.807) is 24.3 Å². The third kappa shape index (κ3) is 3.19. The molecule has 3 heterocycles. The second-order valence-corrected chi connectivity index (χ2v) is 4.73. The number of rotatable bonds is 4. The van der Waals surface area contributed by atoms with Gasteiger partial charge in [0.1, 0.15) is 11.4 Å². The lowest BCUT2D eigenvalue weighted by atomic mass is 10.3. The van der Waals surface area contributed by atoms with Crippen LogP contribution < -0.4 is 11.1 Å². The molecule has 0 aliphatic rings. The number of pyridine rings is 2. The fourth-order valence-electron chi connectivity index (χ4n) is 1.76. The van der Waals surface area contributed by atoms with Crippen molar-refractivity contribution in [3.63, 3.8) is 0 Å². The Morgan fingerprint density at radius 1 is 1.30 bits per heavy atom. The molecule has 3 aromatic rings. The normalized spacial score (nSPS) is 11.4. The minimum atomic E-state index is -0.146. The van der Waals surface area contributed by atoms with Crippen molar-refractivity contribution in [2.75, 3.05) is 5.32 Å². The molecule has 0 aliphatic heterocycles. The fourth-order valence-corrected chi connectivity index (χ4v) is 1.87. The number of hydrogen-bond acceptors (Lipinski definition) is 8. The Hall–Kier alpha value is -3.20. The Labute approximate surface area is 134 Å².